The van der Waals surface area contributed by atoms with E-state index in [1.54, 1.807) is 30.1 Å². The molecule has 0 saturated heterocycles. The Labute approximate surface area is 126 Å². The number of hydrogen-bond acceptors (Lipinski definition) is 4. The van der Waals surface area contributed by atoms with Crippen molar-refractivity contribution in [3.63, 3.8) is 0 Å². The molecule has 20 heavy (non-hydrogen) atoms. The predicted molar refractivity (Wildman–Crippen MR) is 77.9 cm³/mol. The van der Waals surface area contributed by atoms with Crippen LogP contribution in [-0.2, 0) is 23.6 Å². The second-order valence-corrected chi connectivity index (χ2v) is 6.70. The van der Waals surface area contributed by atoms with Crippen molar-refractivity contribution in [1.29, 1.82) is 0 Å². The topological polar surface area (TPSA) is 73.2 Å². The first kappa shape index (κ1) is 15.0. The molecule has 2 rings (SSSR count). The van der Waals surface area contributed by atoms with Gasteiger partial charge in [0.25, 0.3) is 0 Å². The highest BCUT2D eigenvalue weighted by Gasteiger charge is 2.16. The molecule has 1 heterocycles. The largest absolute Gasteiger partial charge is 0.496 e. The molecular weight excluding hydrogens is 346 g/mol. The maximum Gasteiger partial charge on any atom is 0.241 e. The van der Waals surface area contributed by atoms with Crippen molar-refractivity contribution in [1.82, 2.24) is 14.3 Å². The number of aromatic nitrogens is 2. The van der Waals surface area contributed by atoms with Gasteiger partial charge in [0.05, 0.1) is 23.0 Å². The highest BCUT2D eigenvalue weighted by molar-refractivity contribution is 9.10. The van der Waals surface area contributed by atoms with Gasteiger partial charge in [-0.3, -0.25) is 0 Å². The number of ether oxygens (including phenoxy) is 1. The van der Waals surface area contributed by atoms with Gasteiger partial charge < -0.3 is 9.30 Å². The Balaban J connectivity index is 2.18. The van der Waals surface area contributed by atoms with E-state index in [-0.39, 0.29) is 11.4 Å². The summed E-state index contributed by atoms with van der Waals surface area (Å²) >= 11 is 3.27. The van der Waals surface area contributed by atoms with Gasteiger partial charge in [-0.2, -0.15) is 0 Å². The number of rotatable bonds is 5. The van der Waals surface area contributed by atoms with Crippen LogP contribution in [-0.4, -0.2) is 25.1 Å². The van der Waals surface area contributed by atoms with E-state index in [2.05, 4.69) is 25.6 Å². The van der Waals surface area contributed by atoms with Gasteiger partial charge in [-0.1, -0.05) is 0 Å². The molecule has 0 amide bonds. The Kier molecular flexibility index (Phi) is 4.46. The Morgan fingerprint density at radius 2 is 2.20 bits per heavy atom. The number of benzene rings is 1. The Hall–Kier alpha value is -1.38. The summed E-state index contributed by atoms with van der Waals surface area (Å²) in [6, 6.07) is 4.59. The Morgan fingerprint density at radius 3 is 2.75 bits per heavy atom. The average Bonchev–Trinajstić information content (AvgIpc) is 2.82. The van der Waals surface area contributed by atoms with E-state index in [1.165, 1.54) is 19.2 Å². The predicted octanol–water partition coefficient (Wildman–Crippen LogP) is 1.67. The van der Waals surface area contributed by atoms with Gasteiger partial charge >= 0.3 is 0 Å². The van der Waals surface area contributed by atoms with Crippen molar-refractivity contribution >= 4 is 26.0 Å². The summed E-state index contributed by atoms with van der Waals surface area (Å²) in [5.74, 6) is 1.22. The molecule has 0 aliphatic heterocycles. The monoisotopic (exact) mass is 359 g/mol. The van der Waals surface area contributed by atoms with E-state index >= 15 is 0 Å². The maximum atomic E-state index is 12.2. The Morgan fingerprint density at radius 1 is 1.45 bits per heavy atom. The van der Waals surface area contributed by atoms with E-state index in [0.29, 0.717) is 16.0 Å². The zero-order chi connectivity index (χ0) is 14.8. The number of nitrogens with one attached hydrogen (secondary N) is 1. The minimum absolute atomic E-state index is 0.134. The third-order valence-electron chi connectivity index (χ3n) is 2.77. The molecule has 0 radical (unpaired) electrons. The fourth-order valence-electron chi connectivity index (χ4n) is 1.62. The molecule has 0 atom stereocenters. The van der Waals surface area contributed by atoms with E-state index in [0.717, 1.165) is 0 Å². The lowest BCUT2D eigenvalue weighted by molar-refractivity contribution is 0.411. The summed E-state index contributed by atoms with van der Waals surface area (Å²) in [6.45, 7) is 0.134. The van der Waals surface area contributed by atoms with Gasteiger partial charge in [-0.05, 0) is 34.1 Å². The van der Waals surface area contributed by atoms with E-state index in [4.69, 9.17) is 4.74 Å². The second-order valence-electron chi connectivity index (χ2n) is 4.08. The van der Waals surface area contributed by atoms with Gasteiger partial charge in [-0.15, -0.1) is 0 Å². The Bertz CT molecular complexity index is 712. The van der Waals surface area contributed by atoms with Gasteiger partial charge in [0, 0.05) is 19.4 Å². The van der Waals surface area contributed by atoms with Gasteiger partial charge in [0.15, 0.2) is 0 Å². The number of sulfonamides is 1. The van der Waals surface area contributed by atoms with Crippen molar-refractivity contribution < 1.29 is 13.2 Å². The zero-order valence-electron chi connectivity index (χ0n) is 11.0. The van der Waals surface area contributed by atoms with Gasteiger partial charge in [0.2, 0.25) is 10.0 Å². The maximum absolute atomic E-state index is 12.2. The fraction of sp³-hybridized carbons (Fsp3) is 0.250. The molecule has 0 saturated carbocycles. The molecule has 108 valence electrons. The molecule has 0 bridgehead atoms. The lowest BCUT2D eigenvalue weighted by Gasteiger charge is -2.09. The van der Waals surface area contributed by atoms with E-state index in [1.807, 2.05) is 0 Å². The summed E-state index contributed by atoms with van der Waals surface area (Å²) in [5.41, 5.74) is 0. The van der Waals surface area contributed by atoms with Crippen LogP contribution < -0.4 is 9.46 Å². The first-order chi connectivity index (χ1) is 9.44. The van der Waals surface area contributed by atoms with Crippen molar-refractivity contribution in [2.75, 3.05) is 7.11 Å². The molecule has 0 fully saturated rings. The quantitative estimate of drug-likeness (QED) is 0.881. The van der Waals surface area contributed by atoms with Crippen molar-refractivity contribution in [3.05, 3.63) is 40.9 Å². The first-order valence-electron chi connectivity index (χ1n) is 5.73. The first-order valence-corrected chi connectivity index (χ1v) is 8.01. The number of nitrogens with zero attached hydrogens (tertiary/aromatic N) is 2. The molecule has 8 heteroatoms. The number of methoxy groups -OCH3 is 1. The minimum atomic E-state index is -3.59. The standard InChI is InChI=1S/C12H14BrN3O3S/c1-16-6-5-14-12(16)8-15-20(17,18)9-3-4-11(19-2)10(13)7-9/h3-7,15H,8H2,1-2H3. The van der Waals surface area contributed by atoms with Crippen LogP contribution in [0, 0.1) is 0 Å². The average molecular weight is 360 g/mol. The molecule has 0 spiro atoms. The fourth-order valence-corrected chi connectivity index (χ4v) is 3.32. The van der Waals surface area contributed by atoms with Crippen LogP contribution in [0.15, 0.2) is 40.0 Å². The number of halogens is 1. The van der Waals surface area contributed by atoms with Crippen LogP contribution in [0.2, 0.25) is 0 Å². The zero-order valence-corrected chi connectivity index (χ0v) is 13.4. The highest BCUT2D eigenvalue weighted by atomic mass is 79.9. The molecule has 1 N–H and O–H groups in total. The SMILES string of the molecule is COc1ccc(S(=O)(=O)NCc2nccn2C)cc1Br. The molecule has 1 aromatic heterocycles. The van der Waals surface area contributed by atoms with Crippen LogP contribution >= 0.6 is 15.9 Å². The molecule has 1 aromatic carbocycles. The summed E-state index contributed by atoms with van der Waals surface area (Å²) in [6.07, 6.45) is 3.38. The van der Waals surface area contributed by atoms with Crippen LogP contribution in [0.1, 0.15) is 5.82 Å². The van der Waals surface area contributed by atoms with Crippen LogP contribution in [0.25, 0.3) is 0 Å². The van der Waals surface area contributed by atoms with Crippen molar-refractivity contribution in [2.45, 2.75) is 11.4 Å². The van der Waals surface area contributed by atoms with Gasteiger partial charge in [-0.25, -0.2) is 18.1 Å². The molecule has 0 aliphatic carbocycles. The normalized spacial score (nSPS) is 11.6. The summed E-state index contributed by atoms with van der Waals surface area (Å²) in [5, 5.41) is 0. The molecule has 6 nitrogen and oxygen atoms in total. The second kappa shape index (κ2) is 5.94. The summed E-state index contributed by atoms with van der Waals surface area (Å²) in [7, 11) is -0.262. The minimum Gasteiger partial charge on any atom is -0.496 e. The number of hydrogen-bond donors (Lipinski definition) is 1. The van der Waals surface area contributed by atoms with Crippen LogP contribution in [0.4, 0.5) is 0 Å². The lowest BCUT2D eigenvalue weighted by atomic mass is 10.3. The van der Waals surface area contributed by atoms with Crippen molar-refractivity contribution in [2.24, 2.45) is 7.05 Å². The number of imidazole rings is 1. The van der Waals surface area contributed by atoms with Crippen molar-refractivity contribution in [3.8, 4) is 5.75 Å². The molecule has 0 aliphatic rings. The lowest BCUT2D eigenvalue weighted by Crippen LogP contribution is -2.24. The third kappa shape index (κ3) is 3.20. The third-order valence-corrected chi connectivity index (χ3v) is 4.79. The number of aryl methyl sites for hydroxylation is 1. The van der Waals surface area contributed by atoms with Crippen LogP contribution in [0.5, 0.6) is 5.75 Å². The van der Waals surface area contributed by atoms with E-state index < -0.39 is 10.0 Å². The molecule has 0 unspecified atom stereocenters. The highest BCUT2D eigenvalue weighted by Crippen LogP contribution is 2.27. The summed E-state index contributed by atoms with van der Waals surface area (Å²) in [4.78, 5) is 4.23. The molecular formula is C12H14BrN3O3S. The van der Waals surface area contributed by atoms with E-state index in [9.17, 15) is 8.42 Å². The molecule has 2 aromatic rings. The van der Waals surface area contributed by atoms with Gasteiger partial charge in [0.1, 0.15) is 11.6 Å². The smallest absolute Gasteiger partial charge is 0.241 e. The summed E-state index contributed by atoms with van der Waals surface area (Å²) < 4.78 is 34.3. The van der Waals surface area contributed by atoms with Crippen LogP contribution in [0.3, 0.4) is 0 Å².